The summed E-state index contributed by atoms with van der Waals surface area (Å²) in [5, 5.41) is 6.34. The number of benzene rings is 2. The fourth-order valence-electron chi connectivity index (χ4n) is 3.17. The second kappa shape index (κ2) is 9.16. The van der Waals surface area contributed by atoms with E-state index in [4.69, 9.17) is 0 Å². The Labute approximate surface area is 159 Å². The first-order valence-corrected chi connectivity index (χ1v) is 9.19. The highest BCUT2D eigenvalue weighted by atomic mass is 19.1. The minimum absolute atomic E-state index is 0.177. The number of fused-ring (bicyclic) bond motifs is 1. The van der Waals surface area contributed by atoms with Gasteiger partial charge in [0.1, 0.15) is 5.82 Å². The minimum atomic E-state index is -0.250. The number of hydrogen-bond donors (Lipinski definition) is 2. The number of aliphatic imine (C=N–C) groups is 1. The lowest BCUT2D eigenvalue weighted by atomic mass is 10.1. The molecule has 0 bridgehead atoms. The third-order valence-electron chi connectivity index (χ3n) is 4.63. The summed E-state index contributed by atoms with van der Waals surface area (Å²) in [6.07, 6.45) is 1.23. The van der Waals surface area contributed by atoms with Gasteiger partial charge in [-0.05, 0) is 35.2 Å². The van der Waals surface area contributed by atoms with Crippen molar-refractivity contribution in [1.82, 2.24) is 15.5 Å². The molecule has 142 valence electrons. The van der Waals surface area contributed by atoms with Crippen molar-refractivity contribution in [3.05, 3.63) is 71.0 Å². The molecule has 5 nitrogen and oxygen atoms in total. The van der Waals surface area contributed by atoms with Crippen molar-refractivity contribution in [2.24, 2.45) is 4.99 Å². The first-order valence-electron chi connectivity index (χ1n) is 9.19. The molecular formula is C21H25FN4O. The Morgan fingerprint density at radius 3 is 2.52 bits per heavy atom. The molecule has 1 aliphatic rings. The molecule has 0 fully saturated rings. The SMILES string of the molecule is CN=C(NCCCC(=O)N1Cc2ccccc2C1)NCc1cccc(F)c1. The summed E-state index contributed by atoms with van der Waals surface area (Å²) in [5.41, 5.74) is 3.33. The van der Waals surface area contributed by atoms with Gasteiger partial charge in [0.15, 0.2) is 5.96 Å². The lowest BCUT2D eigenvalue weighted by Crippen LogP contribution is -2.37. The van der Waals surface area contributed by atoms with Crippen LogP contribution in [-0.2, 0) is 24.4 Å². The Balaban J connectivity index is 1.36. The molecule has 2 N–H and O–H groups in total. The van der Waals surface area contributed by atoms with E-state index in [0.717, 1.165) is 12.0 Å². The third kappa shape index (κ3) is 5.29. The van der Waals surface area contributed by atoms with Crippen LogP contribution >= 0.6 is 0 Å². The predicted octanol–water partition coefficient (Wildman–Crippen LogP) is 2.81. The van der Waals surface area contributed by atoms with Crippen molar-refractivity contribution in [1.29, 1.82) is 0 Å². The summed E-state index contributed by atoms with van der Waals surface area (Å²) < 4.78 is 13.2. The van der Waals surface area contributed by atoms with Gasteiger partial charge in [-0.25, -0.2) is 4.39 Å². The van der Waals surface area contributed by atoms with E-state index in [-0.39, 0.29) is 11.7 Å². The molecular weight excluding hydrogens is 343 g/mol. The summed E-state index contributed by atoms with van der Waals surface area (Å²) in [7, 11) is 1.69. The highest BCUT2D eigenvalue weighted by Crippen LogP contribution is 2.22. The lowest BCUT2D eigenvalue weighted by molar-refractivity contribution is -0.131. The van der Waals surface area contributed by atoms with Gasteiger partial charge < -0.3 is 15.5 Å². The Morgan fingerprint density at radius 1 is 1.11 bits per heavy atom. The summed E-state index contributed by atoms with van der Waals surface area (Å²) in [6, 6.07) is 14.6. The zero-order valence-electron chi connectivity index (χ0n) is 15.5. The molecule has 2 aromatic carbocycles. The average molecular weight is 368 g/mol. The maximum Gasteiger partial charge on any atom is 0.223 e. The molecule has 3 rings (SSSR count). The van der Waals surface area contributed by atoms with Gasteiger partial charge >= 0.3 is 0 Å². The van der Waals surface area contributed by atoms with Crippen molar-refractivity contribution in [2.45, 2.75) is 32.5 Å². The Bertz CT molecular complexity index is 796. The van der Waals surface area contributed by atoms with Crippen molar-refractivity contribution in [3.63, 3.8) is 0 Å². The largest absolute Gasteiger partial charge is 0.356 e. The van der Waals surface area contributed by atoms with Crippen LogP contribution in [-0.4, -0.2) is 30.4 Å². The van der Waals surface area contributed by atoms with Gasteiger partial charge in [0.2, 0.25) is 5.91 Å². The summed E-state index contributed by atoms with van der Waals surface area (Å²) in [6.45, 7) is 2.55. The molecule has 1 aliphatic heterocycles. The number of carbonyl (C=O) groups is 1. The third-order valence-corrected chi connectivity index (χ3v) is 4.63. The van der Waals surface area contributed by atoms with Crippen LogP contribution in [0.25, 0.3) is 0 Å². The molecule has 0 atom stereocenters. The van der Waals surface area contributed by atoms with E-state index < -0.39 is 0 Å². The topological polar surface area (TPSA) is 56.7 Å². The van der Waals surface area contributed by atoms with Crippen LogP contribution in [0.3, 0.4) is 0 Å². The van der Waals surface area contributed by atoms with Crippen molar-refractivity contribution in [2.75, 3.05) is 13.6 Å². The van der Waals surface area contributed by atoms with Gasteiger partial charge in [-0.2, -0.15) is 0 Å². The number of guanidine groups is 1. The monoisotopic (exact) mass is 368 g/mol. The molecule has 6 heteroatoms. The van der Waals surface area contributed by atoms with Crippen molar-refractivity contribution >= 4 is 11.9 Å². The first-order chi connectivity index (χ1) is 13.2. The van der Waals surface area contributed by atoms with E-state index in [0.29, 0.717) is 38.6 Å². The Hall–Kier alpha value is -2.89. The van der Waals surface area contributed by atoms with Crippen molar-refractivity contribution in [3.8, 4) is 0 Å². The normalized spacial score (nSPS) is 13.4. The van der Waals surface area contributed by atoms with Crippen LogP contribution in [0.1, 0.15) is 29.5 Å². The molecule has 0 aromatic heterocycles. The van der Waals surface area contributed by atoms with Crippen LogP contribution in [0, 0.1) is 5.82 Å². The molecule has 0 unspecified atom stereocenters. The van der Waals surface area contributed by atoms with Crippen LogP contribution < -0.4 is 10.6 Å². The maximum absolute atomic E-state index is 13.2. The van der Waals surface area contributed by atoms with Crippen LogP contribution in [0.2, 0.25) is 0 Å². The molecule has 27 heavy (non-hydrogen) atoms. The van der Waals surface area contributed by atoms with E-state index in [1.165, 1.54) is 23.3 Å². The number of amides is 1. The standard InChI is InChI=1S/C21H25FN4O/c1-23-21(25-13-16-6-4-9-19(22)12-16)24-11-5-10-20(27)26-14-17-7-2-3-8-18(17)15-26/h2-4,6-9,12H,5,10-11,13-15H2,1H3,(H2,23,24,25). The zero-order valence-corrected chi connectivity index (χ0v) is 15.5. The van der Waals surface area contributed by atoms with Gasteiger partial charge in [-0.3, -0.25) is 9.79 Å². The molecule has 0 saturated heterocycles. The molecule has 0 spiro atoms. The van der Waals surface area contributed by atoms with Gasteiger partial charge in [0.05, 0.1) is 0 Å². The fourth-order valence-corrected chi connectivity index (χ4v) is 3.17. The van der Waals surface area contributed by atoms with Crippen LogP contribution in [0.4, 0.5) is 4.39 Å². The molecule has 1 amide bonds. The quantitative estimate of drug-likeness (QED) is 0.468. The second-order valence-corrected chi connectivity index (χ2v) is 6.60. The number of hydrogen-bond acceptors (Lipinski definition) is 2. The molecule has 0 aliphatic carbocycles. The van der Waals surface area contributed by atoms with Gasteiger partial charge in [0, 0.05) is 39.6 Å². The second-order valence-electron chi connectivity index (χ2n) is 6.60. The van der Waals surface area contributed by atoms with E-state index in [1.807, 2.05) is 23.1 Å². The van der Waals surface area contributed by atoms with E-state index in [9.17, 15) is 9.18 Å². The maximum atomic E-state index is 13.2. The zero-order chi connectivity index (χ0) is 19.1. The number of rotatable bonds is 6. The molecule has 0 radical (unpaired) electrons. The van der Waals surface area contributed by atoms with Gasteiger partial charge in [0.25, 0.3) is 0 Å². The average Bonchev–Trinajstić information content (AvgIpc) is 3.11. The summed E-state index contributed by atoms with van der Waals surface area (Å²) in [4.78, 5) is 18.4. The van der Waals surface area contributed by atoms with Crippen LogP contribution in [0.5, 0.6) is 0 Å². The minimum Gasteiger partial charge on any atom is -0.356 e. The Morgan fingerprint density at radius 2 is 1.85 bits per heavy atom. The number of nitrogens with one attached hydrogen (secondary N) is 2. The highest BCUT2D eigenvalue weighted by molar-refractivity contribution is 5.80. The summed E-state index contributed by atoms with van der Waals surface area (Å²) in [5.74, 6) is 0.566. The van der Waals surface area contributed by atoms with Gasteiger partial charge in [-0.1, -0.05) is 36.4 Å². The van der Waals surface area contributed by atoms with E-state index in [1.54, 1.807) is 13.1 Å². The lowest BCUT2D eigenvalue weighted by Gasteiger charge is -2.16. The van der Waals surface area contributed by atoms with Crippen molar-refractivity contribution < 1.29 is 9.18 Å². The number of carbonyl (C=O) groups excluding carboxylic acids is 1. The molecule has 0 saturated carbocycles. The fraction of sp³-hybridized carbons (Fsp3) is 0.333. The Kier molecular flexibility index (Phi) is 6.41. The highest BCUT2D eigenvalue weighted by Gasteiger charge is 2.22. The smallest absolute Gasteiger partial charge is 0.223 e. The number of nitrogens with zero attached hydrogens (tertiary/aromatic N) is 2. The molecule has 1 heterocycles. The van der Waals surface area contributed by atoms with E-state index >= 15 is 0 Å². The van der Waals surface area contributed by atoms with Crippen LogP contribution in [0.15, 0.2) is 53.5 Å². The first kappa shape index (κ1) is 18.9. The van der Waals surface area contributed by atoms with E-state index in [2.05, 4.69) is 27.8 Å². The van der Waals surface area contributed by atoms with Gasteiger partial charge in [-0.15, -0.1) is 0 Å². The molecule has 2 aromatic rings. The predicted molar refractivity (Wildman–Crippen MR) is 105 cm³/mol. The number of halogens is 1. The summed E-state index contributed by atoms with van der Waals surface area (Å²) >= 11 is 0.